The lowest BCUT2D eigenvalue weighted by Crippen LogP contribution is -2.38. The number of nitrogen functional groups attached to an aromatic ring is 1. The first-order valence-corrected chi connectivity index (χ1v) is 5.78. The van der Waals surface area contributed by atoms with Gasteiger partial charge in [0.1, 0.15) is 0 Å². The molecule has 0 radical (unpaired) electrons. The second-order valence-electron chi connectivity index (χ2n) is 4.61. The smallest absolute Gasteiger partial charge is 0.254 e. The molecule has 17 heavy (non-hydrogen) atoms. The summed E-state index contributed by atoms with van der Waals surface area (Å²) in [6.45, 7) is 4.21. The van der Waals surface area contributed by atoms with Gasteiger partial charge in [-0.25, -0.2) is 0 Å². The summed E-state index contributed by atoms with van der Waals surface area (Å²) in [6, 6.07) is 7.88. The van der Waals surface area contributed by atoms with E-state index in [9.17, 15) is 4.79 Å². The minimum absolute atomic E-state index is 0. The first kappa shape index (κ1) is 13.8. The third-order valence-corrected chi connectivity index (χ3v) is 3.32. The summed E-state index contributed by atoms with van der Waals surface area (Å²) in [7, 11) is 0. The highest BCUT2D eigenvalue weighted by molar-refractivity contribution is 5.95. The Kier molecular flexibility index (Phi) is 4.40. The number of likely N-dealkylation sites (tertiary alicyclic amines) is 1. The summed E-state index contributed by atoms with van der Waals surface area (Å²) in [5, 5.41) is 0. The third-order valence-electron chi connectivity index (χ3n) is 3.32. The van der Waals surface area contributed by atoms with Gasteiger partial charge in [-0.15, -0.1) is 12.4 Å². The Bertz CT molecular complexity index is 398. The molecule has 1 heterocycles. The van der Waals surface area contributed by atoms with E-state index in [1.54, 1.807) is 12.1 Å². The van der Waals surface area contributed by atoms with Crippen molar-refractivity contribution < 1.29 is 4.79 Å². The number of anilines is 1. The van der Waals surface area contributed by atoms with Gasteiger partial charge in [0.2, 0.25) is 0 Å². The van der Waals surface area contributed by atoms with Crippen LogP contribution in [0.1, 0.15) is 37.0 Å². The van der Waals surface area contributed by atoms with Crippen molar-refractivity contribution in [1.29, 1.82) is 0 Å². The molecule has 1 aliphatic heterocycles. The second kappa shape index (κ2) is 5.41. The molecule has 4 heteroatoms. The Morgan fingerprint density at radius 1 is 1.29 bits per heavy atom. The molecule has 2 atom stereocenters. The second-order valence-corrected chi connectivity index (χ2v) is 4.61. The predicted molar refractivity (Wildman–Crippen MR) is 72.4 cm³/mol. The zero-order valence-electron chi connectivity index (χ0n) is 10.2. The van der Waals surface area contributed by atoms with Crippen molar-refractivity contribution in [2.45, 2.75) is 38.8 Å². The van der Waals surface area contributed by atoms with Gasteiger partial charge in [-0.05, 0) is 44.9 Å². The summed E-state index contributed by atoms with van der Waals surface area (Å²) < 4.78 is 0. The van der Waals surface area contributed by atoms with E-state index >= 15 is 0 Å². The van der Waals surface area contributed by atoms with E-state index in [4.69, 9.17) is 5.73 Å². The van der Waals surface area contributed by atoms with E-state index < -0.39 is 0 Å². The maximum absolute atomic E-state index is 12.3. The number of benzene rings is 1. The Morgan fingerprint density at radius 2 is 1.88 bits per heavy atom. The zero-order valence-corrected chi connectivity index (χ0v) is 11.0. The monoisotopic (exact) mass is 254 g/mol. The number of rotatable bonds is 1. The minimum Gasteiger partial charge on any atom is -0.399 e. The number of nitrogens with zero attached hydrogens (tertiary/aromatic N) is 1. The van der Waals surface area contributed by atoms with Gasteiger partial charge < -0.3 is 10.6 Å². The minimum atomic E-state index is 0. The maximum atomic E-state index is 12.3. The fourth-order valence-electron chi connectivity index (χ4n) is 2.42. The van der Waals surface area contributed by atoms with Crippen molar-refractivity contribution >= 4 is 24.0 Å². The standard InChI is InChI=1S/C13H18N2O.ClH/c1-9-6-7-10(2)15(9)13(16)11-4-3-5-12(14)8-11;/h3-5,8-10H,6-7,14H2,1-2H3;1H. The summed E-state index contributed by atoms with van der Waals surface area (Å²) in [5.74, 6) is 0.102. The van der Waals surface area contributed by atoms with Gasteiger partial charge in [-0.2, -0.15) is 0 Å². The molecule has 2 unspecified atom stereocenters. The Balaban J connectivity index is 0.00000144. The largest absolute Gasteiger partial charge is 0.399 e. The average Bonchev–Trinajstić information content (AvgIpc) is 2.58. The van der Waals surface area contributed by atoms with Crippen molar-refractivity contribution in [2.24, 2.45) is 0 Å². The number of halogens is 1. The van der Waals surface area contributed by atoms with Crippen molar-refractivity contribution in [2.75, 3.05) is 5.73 Å². The van der Waals surface area contributed by atoms with Gasteiger partial charge in [-0.1, -0.05) is 6.07 Å². The van der Waals surface area contributed by atoms with Crippen LogP contribution in [0, 0.1) is 0 Å². The molecule has 1 amide bonds. The van der Waals surface area contributed by atoms with E-state index in [0.717, 1.165) is 12.8 Å². The van der Waals surface area contributed by atoms with Crippen LogP contribution in [0.2, 0.25) is 0 Å². The number of carbonyl (C=O) groups excluding carboxylic acids is 1. The molecule has 3 nitrogen and oxygen atoms in total. The predicted octanol–water partition coefficient (Wildman–Crippen LogP) is 2.70. The highest BCUT2D eigenvalue weighted by Crippen LogP contribution is 2.25. The molecule has 2 N–H and O–H groups in total. The lowest BCUT2D eigenvalue weighted by atomic mass is 10.1. The fourth-order valence-corrected chi connectivity index (χ4v) is 2.42. The molecule has 1 aliphatic rings. The van der Waals surface area contributed by atoms with Crippen LogP contribution in [0.3, 0.4) is 0 Å². The molecule has 1 fully saturated rings. The number of nitrogens with two attached hydrogens (primary N) is 1. The van der Waals surface area contributed by atoms with Crippen molar-refractivity contribution in [1.82, 2.24) is 4.90 Å². The number of carbonyl (C=O) groups is 1. The van der Waals surface area contributed by atoms with Gasteiger partial charge in [0.05, 0.1) is 0 Å². The summed E-state index contributed by atoms with van der Waals surface area (Å²) >= 11 is 0. The average molecular weight is 255 g/mol. The van der Waals surface area contributed by atoms with Crippen LogP contribution in [0.25, 0.3) is 0 Å². The summed E-state index contributed by atoms with van der Waals surface area (Å²) in [4.78, 5) is 14.3. The van der Waals surface area contributed by atoms with Crippen LogP contribution in [0.15, 0.2) is 24.3 Å². The number of hydrogen-bond donors (Lipinski definition) is 1. The lowest BCUT2D eigenvalue weighted by Gasteiger charge is -2.26. The van der Waals surface area contributed by atoms with Crippen LogP contribution < -0.4 is 5.73 Å². The van der Waals surface area contributed by atoms with E-state index in [1.165, 1.54) is 0 Å². The van der Waals surface area contributed by atoms with E-state index in [2.05, 4.69) is 13.8 Å². The molecule has 0 saturated carbocycles. The van der Waals surface area contributed by atoms with E-state index in [0.29, 0.717) is 23.3 Å². The van der Waals surface area contributed by atoms with E-state index in [-0.39, 0.29) is 18.3 Å². The lowest BCUT2D eigenvalue weighted by molar-refractivity contribution is 0.0693. The first-order chi connectivity index (χ1) is 7.59. The molecular formula is C13H19ClN2O. The Morgan fingerprint density at radius 3 is 2.41 bits per heavy atom. The first-order valence-electron chi connectivity index (χ1n) is 5.78. The molecule has 0 bridgehead atoms. The Hall–Kier alpha value is -1.22. The van der Waals surface area contributed by atoms with Crippen LogP contribution in [-0.4, -0.2) is 22.9 Å². The van der Waals surface area contributed by atoms with Crippen LogP contribution in [-0.2, 0) is 0 Å². The molecule has 1 saturated heterocycles. The van der Waals surface area contributed by atoms with Crippen LogP contribution in [0.4, 0.5) is 5.69 Å². The highest BCUT2D eigenvalue weighted by Gasteiger charge is 2.31. The van der Waals surface area contributed by atoms with Crippen LogP contribution >= 0.6 is 12.4 Å². The topological polar surface area (TPSA) is 46.3 Å². The van der Waals surface area contributed by atoms with Gasteiger partial charge in [0.25, 0.3) is 5.91 Å². The molecule has 0 aliphatic carbocycles. The molecule has 1 aromatic rings. The maximum Gasteiger partial charge on any atom is 0.254 e. The van der Waals surface area contributed by atoms with Gasteiger partial charge in [-0.3, -0.25) is 4.79 Å². The number of hydrogen-bond acceptors (Lipinski definition) is 2. The van der Waals surface area contributed by atoms with E-state index in [1.807, 2.05) is 17.0 Å². The van der Waals surface area contributed by atoms with Gasteiger partial charge in [0, 0.05) is 23.3 Å². The zero-order chi connectivity index (χ0) is 11.7. The molecule has 2 rings (SSSR count). The molecule has 94 valence electrons. The number of amides is 1. The summed E-state index contributed by atoms with van der Waals surface area (Å²) in [5.41, 5.74) is 7.03. The molecule has 0 spiro atoms. The Labute approximate surface area is 108 Å². The molecule has 0 aromatic heterocycles. The van der Waals surface area contributed by atoms with Crippen molar-refractivity contribution in [3.8, 4) is 0 Å². The molecule has 1 aromatic carbocycles. The van der Waals surface area contributed by atoms with Crippen molar-refractivity contribution in [3.63, 3.8) is 0 Å². The summed E-state index contributed by atoms with van der Waals surface area (Å²) in [6.07, 6.45) is 2.18. The van der Waals surface area contributed by atoms with Crippen LogP contribution in [0.5, 0.6) is 0 Å². The SMILES string of the molecule is CC1CCC(C)N1C(=O)c1cccc(N)c1.Cl. The quantitative estimate of drug-likeness (QED) is 0.784. The fraction of sp³-hybridized carbons (Fsp3) is 0.462. The molecular weight excluding hydrogens is 236 g/mol. The highest BCUT2D eigenvalue weighted by atomic mass is 35.5. The third kappa shape index (κ3) is 2.72. The van der Waals surface area contributed by atoms with Gasteiger partial charge in [0.15, 0.2) is 0 Å². The normalized spacial score (nSPS) is 23.3. The van der Waals surface area contributed by atoms with Gasteiger partial charge >= 0.3 is 0 Å². The van der Waals surface area contributed by atoms with Crippen molar-refractivity contribution in [3.05, 3.63) is 29.8 Å².